The Hall–Kier alpha value is -3.69. The van der Waals surface area contributed by atoms with Crippen molar-refractivity contribution in [3.8, 4) is 11.1 Å². The molecule has 2 aliphatic heterocycles. The van der Waals surface area contributed by atoms with Gasteiger partial charge >= 0.3 is 6.09 Å². The molecule has 1 saturated heterocycles. The molecule has 9 nitrogen and oxygen atoms in total. The molecule has 2 amide bonds. The summed E-state index contributed by atoms with van der Waals surface area (Å²) >= 11 is 0. The number of rotatable bonds is 4. The van der Waals surface area contributed by atoms with Crippen LogP contribution in [0.25, 0.3) is 28.2 Å². The SMILES string of the molecule is C=Cc1c[nH]c2ncc(-c3cc4c(c([C@@H]5COCCN5C(=O)OC(C)(C)C)c3)CN(C(=O)C(C)(C)O)CC4)cc12. The number of hydrogen-bond acceptors (Lipinski definition) is 6. The number of fused-ring (bicyclic) bond motifs is 2. The van der Waals surface area contributed by atoms with Crippen molar-refractivity contribution in [2.24, 2.45) is 0 Å². The first kappa shape index (κ1) is 27.9. The van der Waals surface area contributed by atoms with Crippen molar-refractivity contribution in [1.82, 2.24) is 19.8 Å². The van der Waals surface area contributed by atoms with Gasteiger partial charge in [0.25, 0.3) is 5.91 Å². The smallest absolute Gasteiger partial charge is 0.410 e. The second-order valence-corrected chi connectivity index (χ2v) is 12.1. The number of nitrogens with zero attached hydrogens (tertiary/aromatic N) is 3. The summed E-state index contributed by atoms with van der Waals surface area (Å²) in [6.07, 6.45) is 5.75. The topological polar surface area (TPSA) is 108 Å². The Morgan fingerprint density at radius 2 is 1.95 bits per heavy atom. The van der Waals surface area contributed by atoms with Gasteiger partial charge in [0.05, 0.1) is 19.3 Å². The number of ether oxygens (including phenoxy) is 2. The predicted octanol–water partition coefficient (Wildman–Crippen LogP) is 4.84. The normalized spacial score (nSPS) is 18.0. The van der Waals surface area contributed by atoms with Crippen LogP contribution in [0.15, 0.2) is 37.2 Å². The van der Waals surface area contributed by atoms with Gasteiger partial charge in [-0.2, -0.15) is 0 Å². The van der Waals surface area contributed by atoms with Crippen LogP contribution in [-0.4, -0.2) is 74.4 Å². The van der Waals surface area contributed by atoms with Gasteiger partial charge in [0.15, 0.2) is 0 Å². The number of aliphatic hydroxyl groups is 1. The number of carbonyl (C=O) groups excluding carboxylic acids is 2. The lowest BCUT2D eigenvalue weighted by Crippen LogP contribution is -2.48. The van der Waals surface area contributed by atoms with Crippen LogP contribution in [0.4, 0.5) is 4.79 Å². The fourth-order valence-corrected chi connectivity index (χ4v) is 5.47. The standard InChI is InChI=1S/C31H38N4O5/c1-7-19-15-32-27-23(19)14-22(16-33-27)21-12-20-8-9-34(28(36)31(5,6)38)17-25(20)24(13-21)26-18-39-11-10-35(26)29(37)40-30(2,3)4/h7,12-16,26,38H,1,8-11,17-18H2,2-6H3,(H,32,33)/t26-/m0/s1. The van der Waals surface area contributed by atoms with E-state index in [1.807, 2.05) is 33.2 Å². The van der Waals surface area contributed by atoms with E-state index in [1.54, 1.807) is 15.9 Å². The average molecular weight is 547 g/mol. The van der Waals surface area contributed by atoms with Crippen molar-refractivity contribution in [1.29, 1.82) is 0 Å². The highest BCUT2D eigenvalue weighted by Gasteiger charge is 2.37. The van der Waals surface area contributed by atoms with Gasteiger partial charge < -0.3 is 24.5 Å². The molecule has 2 aromatic heterocycles. The lowest BCUT2D eigenvalue weighted by molar-refractivity contribution is -0.148. The van der Waals surface area contributed by atoms with Crippen molar-refractivity contribution in [2.75, 3.05) is 26.3 Å². The lowest BCUT2D eigenvalue weighted by atomic mass is 9.86. The van der Waals surface area contributed by atoms with Gasteiger partial charge in [-0.3, -0.25) is 9.69 Å². The Morgan fingerprint density at radius 3 is 2.65 bits per heavy atom. The summed E-state index contributed by atoms with van der Waals surface area (Å²) in [5.41, 5.74) is 4.52. The number of carbonyl (C=O) groups is 2. The van der Waals surface area contributed by atoms with Crippen molar-refractivity contribution in [3.05, 3.63) is 59.4 Å². The number of amides is 2. The number of aromatic nitrogens is 2. The zero-order chi connectivity index (χ0) is 28.8. The van der Waals surface area contributed by atoms with Crippen molar-refractivity contribution in [2.45, 2.75) is 64.8 Å². The predicted molar refractivity (Wildman–Crippen MR) is 154 cm³/mol. The van der Waals surface area contributed by atoms with Crippen molar-refractivity contribution < 1.29 is 24.2 Å². The molecule has 9 heteroatoms. The average Bonchev–Trinajstić information content (AvgIpc) is 3.32. The molecular weight excluding hydrogens is 508 g/mol. The minimum Gasteiger partial charge on any atom is -0.444 e. The van der Waals surface area contributed by atoms with E-state index < -0.39 is 23.3 Å². The quantitative estimate of drug-likeness (QED) is 0.485. The number of morpholine rings is 1. The molecule has 0 saturated carbocycles. The number of H-pyrrole nitrogens is 1. The third-order valence-corrected chi connectivity index (χ3v) is 7.42. The van der Waals surface area contributed by atoms with Gasteiger partial charge in [-0.05, 0) is 75.4 Å². The number of aromatic amines is 1. The zero-order valence-electron chi connectivity index (χ0n) is 23.9. The molecular formula is C31H38N4O5. The summed E-state index contributed by atoms with van der Waals surface area (Å²) in [7, 11) is 0. The minimum atomic E-state index is -1.48. The van der Waals surface area contributed by atoms with Crippen LogP contribution in [0.3, 0.4) is 0 Å². The highest BCUT2D eigenvalue weighted by molar-refractivity contribution is 5.89. The molecule has 5 rings (SSSR count). The molecule has 1 fully saturated rings. The molecule has 0 bridgehead atoms. The van der Waals surface area contributed by atoms with E-state index in [0.717, 1.165) is 44.4 Å². The van der Waals surface area contributed by atoms with Crippen LogP contribution in [0.1, 0.15) is 62.9 Å². The van der Waals surface area contributed by atoms with Gasteiger partial charge in [-0.15, -0.1) is 0 Å². The number of pyridine rings is 1. The van der Waals surface area contributed by atoms with E-state index in [0.29, 0.717) is 39.3 Å². The van der Waals surface area contributed by atoms with E-state index >= 15 is 0 Å². The van der Waals surface area contributed by atoms with Gasteiger partial charge in [0, 0.05) is 48.5 Å². The molecule has 2 aliphatic rings. The molecule has 0 radical (unpaired) electrons. The first-order valence-corrected chi connectivity index (χ1v) is 13.7. The molecule has 212 valence electrons. The second-order valence-electron chi connectivity index (χ2n) is 12.1. The maximum atomic E-state index is 13.3. The molecule has 0 unspecified atom stereocenters. The Balaban J connectivity index is 1.63. The van der Waals surface area contributed by atoms with Gasteiger partial charge in [-0.25, -0.2) is 9.78 Å². The van der Waals surface area contributed by atoms with E-state index in [2.05, 4.69) is 34.7 Å². The van der Waals surface area contributed by atoms with E-state index in [1.165, 1.54) is 13.8 Å². The van der Waals surface area contributed by atoms with E-state index in [4.69, 9.17) is 9.47 Å². The number of hydrogen-bond donors (Lipinski definition) is 2. The summed E-state index contributed by atoms with van der Waals surface area (Å²) in [6.45, 7) is 14.4. The van der Waals surface area contributed by atoms with Crippen LogP contribution >= 0.6 is 0 Å². The van der Waals surface area contributed by atoms with Crippen LogP contribution in [-0.2, 0) is 27.2 Å². The summed E-state index contributed by atoms with van der Waals surface area (Å²) in [5.74, 6) is -0.323. The first-order valence-electron chi connectivity index (χ1n) is 13.7. The molecule has 4 heterocycles. The maximum Gasteiger partial charge on any atom is 0.410 e. The van der Waals surface area contributed by atoms with Crippen LogP contribution in [0, 0.1) is 0 Å². The third kappa shape index (κ3) is 5.48. The number of benzene rings is 1. The van der Waals surface area contributed by atoms with Gasteiger partial charge in [0.2, 0.25) is 0 Å². The van der Waals surface area contributed by atoms with Crippen LogP contribution in [0.2, 0.25) is 0 Å². The molecule has 0 aliphatic carbocycles. The number of nitrogens with one attached hydrogen (secondary N) is 1. The fourth-order valence-electron chi connectivity index (χ4n) is 5.47. The second kappa shape index (κ2) is 10.4. The van der Waals surface area contributed by atoms with Crippen LogP contribution < -0.4 is 0 Å². The summed E-state index contributed by atoms with van der Waals surface area (Å²) in [4.78, 5) is 37.6. The van der Waals surface area contributed by atoms with Gasteiger partial charge in [-0.1, -0.05) is 18.7 Å². The lowest BCUT2D eigenvalue weighted by Gasteiger charge is -2.40. The minimum absolute atomic E-state index is 0.310. The molecule has 3 aromatic rings. The molecule has 2 N–H and O–H groups in total. The van der Waals surface area contributed by atoms with E-state index in [9.17, 15) is 14.7 Å². The van der Waals surface area contributed by atoms with Crippen molar-refractivity contribution >= 4 is 29.1 Å². The molecule has 1 aromatic carbocycles. The van der Waals surface area contributed by atoms with Gasteiger partial charge in [0.1, 0.15) is 16.8 Å². The fraction of sp³-hybridized carbons (Fsp3) is 0.452. The summed E-state index contributed by atoms with van der Waals surface area (Å²) in [5, 5.41) is 11.4. The Bertz CT molecular complexity index is 1460. The van der Waals surface area contributed by atoms with Crippen LogP contribution in [0.5, 0.6) is 0 Å². The Labute approximate surface area is 234 Å². The Kier molecular flexibility index (Phi) is 7.22. The van der Waals surface area contributed by atoms with E-state index in [-0.39, 0.29) is 5.91 Å². The highest BCUT2D eigenvalue weighted by Crippen LogP contribution is 2.37. The maximum absolute atomic E-state index is 13.3. The zero-order valence-corrected chi connectivity index (χ0v) is 23.9. The molecule has 0 spiro atoms. The van der Waals surface area contributed by atoms with Crippen molar-refractivity contribution in [3.63, 3.8) is 0 Å². The first-order chi connectivity index (χ1) is 18.9. The Morgan fingerprint density at radius 1 is 1.18 bits per heavy atom. The summed E-state index contributed by atoms with van der Waals surface area (Å²) < 4.78 is 11.7. The third-order valence-electron chi connectivity index (χ3n) is 7.42. The molecule has 1 atom stereocenters. The largest absolute Gasteiger partial charge is 0.444 e. The highest BCUT2D eigenvalue weighted by atomic mass is 16.6. The molecule has 40 heavy (non-hydrogen) atoms. The monoisotopic (exact) mass is 546 g/mol. The summed E-state index contributed by atoms with van der Waals surface area (Å²) in [6, 6.07) is 5.92.